The Bertz CT molecular complexity index is 1570. The molecule has 0 unspecified atom stereocenters. The molecular formula is C31H28ClFN2O5S. The first kappa shape index (κ1) is 28.6. The fourth-order valence-corrected chi connectivity index (χ4v) is 6.70. The standard InChI is InChI=1S/C31H28ClFN2O5S/c1-3-39-30(37)25-19(23-13-8-14-41-23)16-22-26(28(25)36)24(17-9-7-10-18(32)15-17)27(31(38)40-4-2)29(34)35(22)21-12-6-5-11-20(21)33/h5-15,19,24-25H,3-4,16,34H2,1-2H3/t19-,24-,25+/m0/s1. The number of thiophene rings is 1. The van der Waals surface area contributed by atoms with Crippen LogP contribution in [-0.4, -0.2) is 30.9 Å². The third-order valence-corrected chi connectivity index (χ3v) is 8.50. The van der Waals surface area contributed by atoms with Gasteiger partial charge in [0.15, 0.2) is 5.78 Å². The van der Waals surface area contributed by atoms with Gasteiger partial charge >= 0.3 is 11.9 Å². The second-order valence-corrected chi connectivity index (χ2v) is 11.0. The summed E-state index contributed by atoms with van der Waals surface area (Å²) in [6.45, 7) is 3.46. The highest BCUT2D eigenvalue weighted by molar-refractivity contribution is 7.10. The normalized spacial score (nSPS) is 20.6. The summed E-state index contributed by atoms with van der Waals surface area (Å²) < 4.78 is 26.2. The summed E-state index contributed by atoms with van der Waals surface area (Å²) in [6.07, 6.45) is 0.160. The van der Waals surface area contributed by atoms with Crippen molar-refractivity contribution >= 4 is 46.3 Å². The lowest BCUT2D eigenvalue weighted by atomic mass is 9.68. The number of esters is 2. The van der Waals surface area contributed by atoms with Gasteiger partial charge in [-0.2, -0.15) is 0 Å². The van der Waals surface area contributed by atoms with E-state index >= 15 is 4.39 Å². The van der Waals surface area contributed by atoms with Gasteiger partial charge in [-0.1, -0.05) is 41.9 Å². The summed E-state index contributed by atoms with van der Waals surface area (Å²) >= 11 is 7.77. The van der Waals surface area contributed by atoms with Gasteiger partial charge < -0.3 is 15.2 Å². The van der Waals surface area contributed by atoms with Crippen LogP contribution in [0, 0.1) is 11.7 Å². The lowest BCUT2D eigenvalue weighted by Gasteiger charge is -2.43. The molecule has 1 aromatic heterocycles. The van der Waals surface area contributed by atoms with Crippen LogP contribution in [0.3, 0.4) is 0 Å². The smallest absolute Gasteiger partial charge is 0.338 e. The minimum absolute atomic E-state index is 0.0401. The van der Waals surface area contributed by atoms with Gasteiger partial charge in [-0.05, 0) is 61.5 Å². The number of ether oxygens (including phenoxy) is 2. The Hall–Kier alpha value is -3.95. The molecule has 41 heavy (non-hydrogen) atoms. The Balaban J connectivity index is 1.83. The largest absolute Gasteiger partial charge is 0.465 e. The zero-order valence-electron chi connectivity index (χ0n) is 22.4. The van der Waals surface area contributed by atoms with E-state index in [0.717, 1.165) is 4.88 Å². The number of carbonyl (C=O) groups is 3. The molecule has 2 aliphatic rings. The third-order valence-electron chi connectivity index (χ3n) is 7.26. The number of ketones is 1. The Morgan fingerprint density at radius 3 is 2.49 bits per heavy atom. The molecule has 0 bridgehead atoms. The zero-order valence-corrected chi connectivity index (χ0v) is 24.0. The maximum absolute atomic E-state index is 15.4. The van der Waals surface area contributed by atoms with Crippen molar-refractivity contribution in [3.63, 3.8) is 0 Å². The first-order chi connectivity index (χ1) is 19.8. The fraction of sp³-hybridized carbons (Fsp3) is 0.258. The van der Waals surface area contributed by atoms with Crippen molar-refractivity contribution < 1.29 is 28.2 Å². The van der Waals surface area contributed by atoms with Gasteiger partial charge in [-0.3, -0.25) is 14.5 Å². The summed E-state index contributed by atoms with van der Waals surface area (Å²) in [6, 6.07) is 16.4. The number of benzene rings is 2. The molecule has 0 saturated carbocycles. The molecule has 2 aromatic carbocycles. The second kappa shape index (κ2) is 11.9. The Morgan fingerprint density at radius 2 is 1.83 bits per heavy atom. The average molecular weight is 595 g/mol. The van der Waals surface area contributed by atoms with E-state index in [9.17, 15) is 14.4 Å². The lowest BCUT2D eigenvalue weighted by Crippen LogP contribution is -2.46. The van der Waals surface area contributed by atoms with Crippen molar-refractivity contribution in [2.45, 2.75) is 32.1 Å². The van der Waals surface area contributed by atoms with E-state index in [-0.39, 0.29) is 42.3 Å². The van der Waals surface area contributed by atoms with Crippen LogP contribution >= 0.6 is 22.9 Å². The van der Waals surface area contributed by atoms with Gasteiger partial charge in [0.2, 0.25) is 0 Å². The Labute approximate surface area is 246 Å². The van der Waals surface area contributed by atoms with Gasteiger partial charge in [-0.25, -0.2) is 9.18 Å². The Morgan fingerprint density at radius 1 is 1.07 bits per heavy atom. The number of nitrogens with two attached hydrogens (primary N) is 1. The van der Waals surface area contributed by atoms with Crippen molar-refractivity contribution in [3.8, 4) is 0 Å². The molecular weight excluding hydrogens is 567 g/mol. The molecule has 2 N–H and O–H groups in total. The number of anilines is 1. The molecule has 7 nitrogen and oxygen atoms in total. The van der Waals surface area contributed by atoms with Crippen LogP contribution in [0.25, 0.3) is 0 Å². The molecule has 3 aromatic rings. The van der Waals surface area contributed by atoms with E-state index in [2.05, 4.69) is 0 Å². The topological polar surface area (TPSA) is 98.9 Å². The third kappa shape index (κ3) is 5.15. The first-order valence-corrected chi connectivity index (χ1v) is 14.5. The number of para-hydroxylation sites is 1. The molecule has 0 amide bonds. The summed E-state index contributed by atoms with van der Waals surface area (Å²) in [7, 11) is 0. The van der Waals surface area contributed by atoms with E-state index in [1.54, 1.807) is 44.2 Å². The zero-order chi connectivity index (χ0) is 29.3. The maximum atomic E-state index is 15.4. The van der Waals surface area contributed by atoms with Gasteiger partial charge in [0.25, 0.3) is 0 Å². The number of allylic oxidation sites excluding steroid dienone is 2. The predicted molar refractivity (Wildman–Crippen MR) is 155 cm³/mol. The van der Waals surface area contributed by atoms with Crippen molar-refractivity contribution in [1.29, 1.82) is 0 Å². The average Bonchev–Trinajstić information content (AvgIpc) is 3.48. The fourth-order valence-electron chi connectivity index (χ4n) is 5.64. The van der Waals surface area contributed by atoms with E-state index in [1.165, 1.54) is 34.4 Å². The minimum atomic E-state index is -1.18. The number of rotatable bonds is 7. The highest BCUT2D eigenvalue weighted by Crippen LogP contribution is 2.52. The summed E-state index contributed by atoms with van der Waals surface area (Å²) in [5.74, 6) is -5.40. The van der Waals surface area contributed by atoms with Crippen LogP contribution in [-0.2, 0) is 23.9 Å². The number of nitrogens with zero attached hydrogens (tertiary/aromatic N) is 1. The molecule has 3 atom stereocenters. The van der Waals surface area contributed by atoms with Crippen LogP contribution in [0.15, 0.2) is 88.7 Å². The Kier molecular flexibility index (Phi) is 8.28. The molecule has 0 saturated heterocycles. The molecule has 2 heterocycles. The molecule has 1 aliphatic carbocycles. The summed E-state index contributed by atoms with van der Waals surface area (Å²) in [5, 5.41) is 2.24. The van der Waals surface area contributed by atoms with E-state index in [1.807, 2.05) is 17.5 Å². The molecule has 212 valence electrons. The molecule has 10 heteroatoms. The number of carbonyl (C=O) groups excluding carboxylic acids is 3. The van der Waals surface area contributed by atoms with Gasteiger partial charge in [0.1, 0.15) is 17.6 Å². The van der Waals surface area contributed by atoms with E-state index in [4.69, 9.17) is 26.8 Å². The van der Waals surface area contributed by atoms with Gasteiger partial charge in [0, 0.05) is 27.1 Å². The van der Waals surface area contributed by atoms with Crippen LogP contribution in [0.1, 0.15) is 42.5 Å². The van der Waals surface area contributed by atoms with Crippen LogP contribution in [0.4, 0.5) is 10.1 Å². The van der Waals surface area contributed by atoms with E-state index in [0.29, 0.717) is 16.3 Å². The number of Topliss-reactive ketones (excluding diaryl/α,β-unsaturated/α-hetero) is 1. The molecule has 0 spiro atoms. The van der Waals surface area contributed by atoms with Crippen molar-refractivity contribution in [2.24, 2.45) is 11.7 Å². The highest BCUT2D eigenvalue weighted by atomic mass is 35.5. The molecule has 1 aliphatic heterocycles. The predicted octanol–water partition coefficient (Wildman–Crippen LogP) is 6.07. The number of hydrogen-bond acceptors (Lipinski definition) is 8. The maximum Gasteiger partial charge on any atom is 0.338 e. The van der Waals surface area contributed by atoms with Gasteiger partial charge in [0.05, 0.1) is 30.4 Å². The number of hydrogen-bond donors (Lipinski definition) is 1. The summed E-state index contributed by atoms with van der Waals surface area (Å²) in [5.41, 5.74) is 7.83. The van der Waals surface area contributed by atoms with Crippen LogP contribution in [0.5, 0.6) is 0 Å². The molecule has 0 radical (unpaired) electrons. The van der Waals surface area contributed by atoms with Crippen LogP contribution in [0.2, 0.25) is 5.02 Å². The minimum Gasteiger partial charge on any atom is -0.465 e. The molecule has 0 fully saturated rings. The second-order valence-electron chi connectivity index (χ2n) is 9.57. The van der Waals surface area contributed by atoms with Crippen molar-refractivity contribution in [1.82, 2.24) is 0 Å². The quantitative estimate of drug-likeness (QED) is 0.262. The van der Waals surface area contributed by atoms with Gasteiger partial charge in [-0.15, -0.1) is 11.3 Å². The molecule has 5 rings (SSSR count). The summed E-state index contributed by atoms with van der Waals surface area (Å²) in [4.78, 5) is 43.8. The van der Waals surface area contributed by atoms with Crippen molar-refractivity contribution in [3.05, 3.63) is 110 Å². The highest BCUT2D eigenvalue weighted by Gasteiger charge is 2.51. The number of halogens is 2. The monoisotopic (exact) mass is 594 g/mol. The first-order valence-electron chi connectivity index (χ1n) is 13.2. The van der Waals surface area contributed by atoms with E-state index < -0.39 is 41.3 Å². The SMILES string of the molecule is CCOC(=O)C1=C(N)N(c2ccccc2F)C2=C(C(=O)[C@H](C(=O)OCC)[C@H](c3cccs3)C2)[C@@H]1c1cccc(Cl)c1. The van der Waals surface area contributed by atoms with Crippen LogP contribution < -0.4 is 10.6 Å². The van der Waals surface area contributed by atoms with Crippen molar-refractivity contribution in [2.75, 3.05) is 18.1 Å². The lowest BCUT2D eigenvalue weighted by molar-refractivity contribution is -0.152.